The van der Waals surface area contributed by atoms with Crippen LogP contribution in [-0.4, -0.2) is 56.6 Å². The van der Waals surface area contributed by atoms with E-state index in [9.17, 15) is 0 Å². The minimum atomic E-state index is 0.340. The molecule has 184 valence electrons. The highest BCUT2D eigenvalue weighted by molar-refractivity contribution is 6.36. The van der Waals surface area contributed by atoms with Gasteiger partial charge in [0.2, 0.25) is 0 Å². The summed E-state index contributed by atoms with van der Waals surface area (Å²) >= 11 is 6.39. The molecule has 0 unspecified atom stereocenters. The quantitative estimate of drug-likeness (QED) is 0.320. The van der Waals surface area contributed by atoms with Crippen molar-refractivity contribution in [2.75, 3.05) is 38.2 Å². The van der Waals surface area contributed by atoms with E-state index in [4.69, 9.17) is 27.1 Å². The fourth-order valence-corrected chi connectivity index (χ4v) is 4.36. The first-order valence-electron chi connectivity index (χ1n) is 11.5. The molecule has 0 saturated carbocycles. The van der Waals surface area contributed by atoms with Crippen molar-refractivity contribution in [1.29, 1.82) is 0 Å². The van der Waals surface area contributed by atoms with Crippen LogP contribution in [0.15, 0.2) is 55.2 Å². The topological polar surface area (TPSA) is 107 Å². The number of halogens is 1. The van der Waals surface area contributed by atoms with Crippen LogP contribution in [0.2, 0.25) is 5.02 Å². The van der Waals surface area contributed by atoms with Crippen molar-refractivity contribution in [2.45, 2.75) is 13.5 Å². The molecule has 0 radical (unpaired) electrons. The molecule has 5 rings (SSSR count). The van der Waals surface area contributed by atoms with Crippen LogP contribution >= 0.6 is 11.6 Å². The number of aromatic nitrogens is 5. The lowest BCUT2D eigenvalue weighted by atomic mass is 10.1. The molecule has 0 aliphatic heterocycles. The number of pyridine rings is 2. The zero-order chi connectivity index (χ0) is 25.2. The SMILES string of the molecule is Cc1cc(NCCN(C)C)c2ccc(OCc3cncc(-n4cc(Cl)c5c(N)ncnc54)c3)cc2n1. The van der Waals surface area contributed by atoms with E-state index in [0.717, 1.165) is 52.4 Å². The van der Waals surface area contributed by atoms with Gasteiger partial charge in [-0.15, -0.1) is 0 Å². The predicted octanol–water partition coefficient (Wildman–Crippen LogP) is 4.46. The molecule has 36 heavy (non-hydrogen) atoms. The van der Waals surface area contributed by atoms with Gasteiger partial charge < -0.3 is 20.7 Å². The third-order valence-corrected chi connectivity index (χ3v) is 6.10. The monoisotopic (exact) mass is 502 g/mol. The molecule has 1 aromatic carbocycles. The molecule has 0 amide bonds. The van der Waals surface area contributed by atoms with Gasteiger partial charge in [0.05, 0.1) is 27.8 Å². The first kappa shape index (κ1) is 23.8. The van der Waals surface area contributed by atoms with Gasteiger partial charge in [-0.05, 0) is 45.3 Å². The second-order valence-corrected chi connectivity index (χ2v) is 9.27. The molecule has 4 heterocycles. The summed E-state index contributed by atoms with van der Waals surface area (Å²) < 4.78 is 7.95. The Morgan fingerprint density at radius 2 is 2.00 bits per heavy atom. The number of hydrogen-bond acceptors (Lipinski definition) is 8. The van der Waals surface area contributed by atoms with Gasteiger partial charge in [-0.1, -0.05) is 11.6 Å². The van der Waals surface area contributed by atoms with E-state index in [1.807, 2.05) is 35.8 Å². The van der Waals surface area contributed by atoms with Crippen molar-refractivity contribution in [3.63, 3.8) is 0 Å². The lowest BCUT2D eigenvalue weighted by Crippen LogP contribution is -2.20. The number of nitrogen functional groups attached to an aromatic ring is 1. The minimum absolute atomic E-state index is 0.340. The van der Waals surface area contributed by atoms with Gasteiger partial charge >= 0.3 is 0 Å². The van der Waals surface area contributed by atoms with E-state index in [2.05, 4.69) is 45.3 Å². The summed E-state index contributed by atoms with van der Waals surface area (Å²) in [4.78, 5) is 19.6. The number of likely N-dealkylation sites (N-methyl/N-ethyl adjacent to an activating group) is 1. The number of benzene rings is 1. The van der Waals surface area contributed by atoms with E-state index in [-0.39, 0.29) is 0 Å². The van der Waals surface area contributed by atoms with Crippen molar-refractivity contribution < 1.29 is 4.74 Å². The maximum Gasteiger partial charge on any atom is 0.151 e. The van der Waals surface area contributed by atoms with Crippen LogP contribution in [0.4, 0.5) is 11.5 Å². The van der Waals surface area contributed by atoms with Crippen LogP contribution in [0, 0.1) is 6.92 Å². The molecule has 9 nitrogen and oxygen atoms in total. The van der Waals surface area contributed by atoms with Gasteiger partial charge in [-0.3, -0.25) is 14.5 Å². The molecule has 3 N–H and O–H groups in total. The Bertz CT molecular complexity index is 1550. The van der Waals surface area contributed by atoms with E-state index in [0.29, 0.717) is 28.5 Å². The number of ether oxygens (including phenoxy) is 1. The molecule has 0 aliphatic rings. The average molecular weight is 503 g/mol. The second-order valence-electron chi connectivity index (χ2n) is 8.86. The van der Waals surface area contributed by atoms with E-state index in [1.165, 1.54) is 6.33 Å². The van der Waals surface area contributed by atoms with Crippen molar-refractivity contribution >= 4 is 45.0 Å². The van der Waals surface area contributed by atoms with Gasteiger partial charge in [-0.25, -0.2) is 9.97 Å². The highest BCUT2D eigenvalue weighted by Gasteiger charge is 2.14. The summed E-state index contributed by atoms with van der Waals surface area (Å²) in [5.74, 6) is 1.08. The third-order valence-electron chi connectivity index (χ3n) is 5.81. The molecule has 4 aromatic heterocycles. The number of nitrogens with one attached hydrogen (secondary N) is 1. The maximum absolute atomic E-state index is 6.39. The molecule has 0 atom stereocenters. The number of rotatable bonds is 8. The van der Waals surface area contributed by atoms with E-state index in [1.54, 1.807) is 18.6 Å². The Morgan fingerprint density at radius 3 is 2.83 bits per heavy atom. The molecule has 0 aliphatic carbocycles. The van der Waals surface area contributed by atoms with Crippen LogP contribution in [0.3, 0.4) is 0 Å². The van der Waals surface area contributed by atoms with Crippen LogP contribution in [0.1, 0.15) is 11.3 Å². The predicted molar refractivity (Wildman–Crippen MR) is 144 cm³/mol. The van der Waals surface area contributed by atoms with Crippen LogP contribution in [0.5, 0.6) is 5.75 Å². The number of hydrogen-bond donors (Lipinski definition) is 2. The first-order valence-corrected chi connectivity index (χ1v) is 11.9. The van der Waals surface area contributed by atoms with Crippen LogP contribution in [-0.2, 0) is 6.61 Å². The largest absolute Gasteiger partial charge is 0.489 e. The van der Waals surface area contributed by atoms with Gasteiger partial charge in [0.25, 0.3) is 0 Å². The van der Waals surface area contributed by atoms with E-state index < -0.39 is 0 Å². The standard InChI is InChI=1S/C26H27ClN8O/c1-16-8-22(30-6-7-34(2)3)20-5-4-19(10-23(20)33-16)36-14-17-9-18(12-29-11-17)35-13-21(27)24-25(28)31-15-32-26(24)35/h4-5,8-13,15H,6-7,14H2,1-3H3,(H,30,33)(H2,28,31,32). The van der Waals surface area contributed by atoms with E-state index >= 15 is 0 Å². The average Bonchev–Trinajstić information content (AvgIpc) is 3.20. The van der Waals surface area contributed by atoms with Crippen molar-refractivity contribution in [3.05, 3.63) is 71.5 Å². The first-order chi connectivity index (χ1) is 17.4. The highest BCUT2D eigenvalue weighted by Crippen LogP contribution is 2.30. The molecule has 0 spiro atoms. The van der Waals surface area contributed by atoms with Gasteiger partial charge in [0.1, 0.15) is 24.5 Å². The number of anilines is 2. The maximum atomic E-state index is 6.39. The summed E-state index contributed by atoms with van der Waals surface area (Å²) in [5, 5.41) is 5.69. The molecule has 0 saturated heterocycles. The number of nitrogens with two attached hydrogens (primary N) is 1. The number of aryl methyl sites for hydroxylation is 1. The Balaban J connectivity index is 1.36. The molecular formula is C26H27ClN8O. The fourth-order valence-electron chi connectivity index (χ4n) is 4.08. The fraction of sp³-hybridized carbons (Fsp3) is 0.231. The molecule has 0 fully saturated rings. The Kier molecular flexibility index (Phi) is 6.58. The molecule has 5 aromatic rings. The van der Waals surface area contributed by atoms with Crippen LogP contribution in [0.25, 0.3) is 27.6 Å². The summed E-state index contributed by atoms with van der Waals surface area (Å²) in [6.45, 7) is 4.14. The van der Waals surface area contributed by atoms with Crippen molar-refractivity contribution in [2.24, 2.45) is 0 Å². The lowest BCUT2D eigenvalue weighted by molar-refractivity contribution is 0.306. The zero-order valence-electron chi connectivity index (χ0n) is 20.4. The molecular weight excluding hydrogens is 476 g/mol. The Morgan fingerprint density at radius 1 is 1.14 bits per heavy atom. The summed E-state index contributed by atoms with van der Waals surface area (Å²) in [6, 6.07) is 10.0. The number of nitrogens with zero attached hydrogens (tertiary/aromatic N) is 6. The normalized spacial score (nSPS) is 11.5. The Hall–Kier alpha value is -3.95. The minimum Gasteiger partial charge on any atom is -0.489 e. The second kappa shape index (κ2) is 9.96. The number of fused-ring (bicyclic) bond motifs is 2. The lowest BCUT2D eigenvalue weighted by Gasteiger charge is -2.14. The van der Waals surface area contributed by atoms with Crippen molar-refractivity contribution in [3.8, 4) is 11.4 Å². The summed E-state index contributed by atoms with van der Waals surface area (Å²) in [5.41, 5.74) is 11.2. The van der Waals surface area contributed by atoms with Crippen molar-refractivity contribution in [1.82, 2.24) is 29.4 Å². The Labute approximate surface area is 213 Å². The van der Waals surface area contributed by atoms with Gasteiger partial charge in [0, 0.05) is 53.9 Å². The highest BCUT2D eigenvalue weighted by atomic mass is 35.5. The third kappa shape index (κ3) is 4.89. The zero-order valence-corrected chi connectivity index (χ0v) is 21.1. The summed E-state index contributed by atoms with van der Waals surface area (Å²) in [7, 11) is 4.12. The van der Waals surface area contributed by atoms with Gasteiger partial charge in [-0.2, -0.15) is 0 Å². The molecule has 0 bridgehead atoms. The van der Waals surface area contributed by atoms with Gasteiger partial charge in [0.15, 0.2) is 5.65 Å². The van der Waals surface area contributed by atoms with Crippen LogP contribution < -0.4 is 15.8 Å². The smallest absolute Gasteiger partial charge is 0.151 e. The molecule has 10 heteroatoms. The summed E-state index contributed by atoms with van der Waals surface area (Å²) in [6.07, 6.45) is 6.70.